The van der Waals surface area contributed by atoms with Gasteiger partial charge in [-0.15, -0.1) is 0 Å². The summed E-state index contributed by atoms with van der Waals surface area (Å²) in [5, 5.41) is 4.10. The fourth-order valence-electron chi connectivity index (χ4n) is 2.26. The van der Waals surface area contributed by atoms with Crippen LogP contribution >= 0.6 is 12.2 Å². The molecule has 0 radical (unpaired) electrons. The predicted octanol–water partition coefficient (Wildman–Crippen LogP) is 2.62. The molecule has 2 rings (SSSR count). The molecule has 1 aliphatic heterocycles. The van der Waals surface area contributed by atoms with E-state index in [-0.39, 0.29) is 11.4 Å². The SMILES string of the molecule is CC(C)(C)NC(=S)N1CCN(c2ccccc2F)CC1. The van der Waals surface area contributed by atoms with E-state index in [2.05, 4.69) is 35.9 Å². The third-order valence-corrected chi connectivity index (χ3v) is 3.60. The fraction of sp³-hybridized carbons (Fsp3) is 0.533. The van der Waals surface area contributed by atoms with Gasteiger partial charge >= 0.3 is 0 Å². The first-order valence-electron chi connectivity index (χ1n) is 6.93. The number of benzene rings is 1. The summed E-state index contributed by atoms with van der Waals surface area (Å²) in [6.07, 6.45) is 0. The fourth-order valence-corrected chi connectivity index (χ4v) is 2.75. The lowest BCUT2D eigenvalue weighted by Gasteiger charge is -2.39. The van der Waals surface area contributed by atoms with Crippen molar-refractivity contribution in [3.8, 4) is 0 Å². The lowest BCUT2D eigenvalue weighted by Crippen LogP contribution is -2.55. The average Bonchev–Trinajstić information content (AvgIpc) is 2.37. The van der Waals surface area contributed by atoms with Crippen molar-refractivity contribution < 1.29 is 4.39 Å². The maximum absolute atomic E-state index is 13.8. The van der Waals surface area contributed by atoms with E-state index in [0.29, 0.717) is 5.69 Å². The molecule has 0 unspecified atom stereocenters. The Balaban J connectivity index is 1.93. The smallest absolute Gasteiger partial charge is 0.169 e. The van der Waals surface area contributed by atoms with Crippen molar-refractivity contribution in [3.05, 3.63) is 30.1 Å². The lowest BCUT2D eigenvalue weighted by atomic mass is 10.1. The molecule has 1 aromatic rings. The highest BCUT2D eigenvalue weighted by Crippen LogP contribution is 2.20. The number of para-hydroxylation sites is 1. The standard InChI is InChI=1S/C15H22FN3S/c1-15(2,3)17-14(20)19-10-8-18(9-11-19)13-7-5-4-6-12(13)16/h4-7H,8-11H2,1-3H3,(H,17,20). The second-order valence-electron chi connectivity index (χ2n) is 6.11. The van der Waals surface area contributed by atoms with Crippen LogP contribution in [0.15, 0.2) is 24.3 Å². The lowest BCUT2D eigenvalue weighted by molar-refractivity contribution is 0.362. The van der Waals surface area contributed by atoms with E-state index in [0.717, 1.165) is 31.3 Å². The quantitative estimate of drug-likeness (QED) is 0.803. The normalized spacial score (nSPS) is 16.2. The Kier molecular flexibility index (Phi) is 4.48. The van der Waals surface area contributed by atoms with Gasteiger partial charge < -0.3 is 15.1 Å². The first kappa shape index (κ1) is 15.0. The molecule has 1 heterocycles. The number of halogens is 1. The Hall–Kier alpha value is -1.36. The number of piperazine rings is 1. The molecule has 1 aliphatic rings. The van der Waals surface area contributed by atoms with Gasteiger partial charge in [-0.1, -0.05) is 12.1 Å². The van der Waals surface area contributed by atoms with Gasteiger partial charge in [-0.3, -0.25) is 0 Å². The highest BCUT2D eigenvalue weighted by atomic mass is 32.1. The topological polar surface area (TPSA) is 18.5 Å². The predicted molar refractivity (Wildman–Crippen MR) is 85.7 cm³/mol. The molecule has 5 heteroatoms. The van der Waals surface area contributed by atoms with Crippen LogP contribution in [0.2, 0.25) is 0 Å². The zero-order valence-electron chi connectivity index (χ0n) is 12.3. The van der Waals surface area contributed by atoms with Crippen LogP contribution in [-0.2, 0) is 0 Å². The summed E-state index contributed by atoms with van der Waals surface area (Å²) < 4.78 is 13.8. The Morgan fingerprint density at radius 3 is 2.30 bits per heavy atom. The van der Waals surface area contributed by atoms with E-state index < -0.39 is 0 Å². The molecule has 0 amide bonds. The van der Waals surface area contributed by atoms with Gasteiger partial charge in [0.25, 0.3) is 0 Å². The Morgan fingerprint density at radius 1 is 1.15 bits per heavy atom. The molecule has 1 fully saturated rings. The summed E-state index contributed by atoms with van der Waals surface area (Å²) in [5.41, 5.74) is 0.654. The van der Waals surface area contributed by atoms with Crippen LogP contribution < -0.4 is 10.2 Å². The monoisotopic (exact) mass is 295 g/mol. The summed E-state index contributed by atoms with van der Waals surface area (Å²) in [4.78, 5) is 4.23. The zero-order valence-corrected chi connectivity index (χ0v) is 13.1. The summed E-state index contributed by atoms with van der Waals surface area (Å²) in [7, 11) is 0. The van der Waals surface area contributed by atoms with Gasteiger partial charge in [0.05, 0.1) is 5.69 Å². The highest BCUT2D eigenvalue weighted by Gasteiger charge is 2.22. The van der Waals surface area contributed by atoms with E-state index in [4.69, 9.17) is 12.2 Å². The zero-order chi connectivity index (χ0) is 14.8. The molecule has 0 atom stereocenters. The van der Waals surface area contributed by atoms with Gasteiger partial charge in [-0.05, 0) is 45.1 Å². The number of hydrogen-bond acceptors (Lipinski definition) is 2. The number of nitrogens with zero attached hydrogens (tertiary/aromatic N) is 2. The van der Waals surface area contributed by atoms with Crippen molar-refractivity contribution in [2.75, 3.05) is 31.1 Å². The first-order valence-corrected chi connectivity index (χ1v) is 7.34. The molecule has 0 bridgehead atoms. The molecule has 0 spiro atoms. The minimum atomic E-state index is -0.156. The molecule has 20 heavy (non-hydrogen) atoms. The van der Waals surface area contributed by atoms with E-state index in [1.54, 1.807) is 6.07 Å². The largest absolute Gasteiger partial charge is 0.366 e. The minimum absolute atomic E-state index is 0.0280. The third kappa shape index (κ3) is 3.82. The first-order chi connectivity index (χ1) is 9.37. The molecular formula is C15H22FN3S. The Morgan fingerprint density at radius 2 is 1.75 bits per heavy atom. The summed E-state index contributed by atoms with van der Waals surface area (Å²) >= 11 is 5.43. The van der Waals surface area contributed by atoms with Crippen LogP contribution in [0.4, 0.5) is 10.1 Å². The van der Waals surface area contributed by atoms with Crippen LogP contribution in [-0.4, -0.2) is 41.7 Å². The van der Waals surface area contributed by atoms with Gasteiger partial charge in [0.2, 0.25) is 0 Å². The molecule has 110 valence electrons. The molecule has 0 saturated carbocycles. The van der Waals surface area contributed by atoms with E-state index in [9.17, 15) is 4.39 Å². The van der Waals surface area contributed by atoms with Crippen LogP contribution in [0.1, 0.15) is 20.8 Å². The molecule has 1 saturated heterocycles. The maximum Gasteiger partial charge on any atom is 0.169 e. The number of anilines is 1. The summed E-state index contributed by atoms with van der Waals surface area (Å²) in [6, 6.07) is 6.93. The molecule has 1 aromatic carbocycles. The van der Waals surface area contributed by atoms with Crippen LogP contribution in [0.25, 0.3) is 0 Å². The third-order valence-electron chi connectivity index (χ3n) is 3.24. The van der Waals surface area contributed by atoms with Gasteiger partial charge in [0.1, 0.15) is 5.82 Å². The van der Waals surface area contributed by atoms with Crippen molar-refractivity contribution in [1.82, 2.24) is 10.2 Å². The van der Waals surface area contributed by atoms with Crippen molar-refractivity contribution in [3.63, 3.8) is 0 Å². The number of rotatable bonds is 1. The van der Waals surface area contributed by atoms with Crippen LogP contribution in [0.5, 0.6) is 0 Å². The second kappa shape index (κ2) is 5.95. The summed E-state index contributed by atoms with van der Waals surface area (Å²) in [6.45, 7) is 9.48. The molecular weight excluding hydrogens is 273 g/mol. The van der Waals surface area contributed by atoms with Crippen molar-refractivity contribution in [1.29, 1.82) is 0 Å². The molecule has 1 N–H and O–H groups in total. The summed E-state index contributed by atoms with van der Waals surface area (Å²) in [5.74, 6) is -0.156. The average molecular weight is 295 g/mol. The molecule has 3 nitrogen and oxygen atoms in total. The Labute approximate surface area is 125 Å². The van der Waals surface area contributed by atoms with Gasteiger partial charge in [0, 0.05) is 31.7 Å². The Bertz CT molecular complexity index is 476. The van der Waals surface area contributed by atoms with E-state index in [1.807, 2.05) is 12.1 Å². The van der Waals surface area contributed by atoms with Crippen LogP contribution in [0.3, 0.4) is 0 Å². The van der Waals surface area contributed by atoms with Crippen molar-refractivity contribution >= 4 is 23.0 Å². The number of thiocarbonyl (C=S) groups is 1. The van der Waals surface area contributed by atoms with Gasteiger partial charge in [-0.2, -0.15) is 0 Å². The minimum Gasteiger partial charge on any atom is -0.366 e. The van der Waals surface area contributed by atoms with Crippen molar-refractivity contribution in [2.45, 2.75) is 26.3 Å². The van der Waals surface area contributed by atoms with E-state index >= 15 is 0 Å². The highest BCUT2D eigenvalue weighted by molar-refractivity contribution is 7.80. The van der Waals surface area contributed by atoms with Gasteiger partial charge in [0.15, 0.2) is 5.11 Å². The molecule has 0 aliphatic carbocycles. The van der Waals surface area contributed by atoms with Crippen LogP contribution in [0, 0.1) is 5.82 Å². The maximum atomic E-state index is 13.8. The van der Waals surface area contributed by atoms with E-state index in [1.165, 1.54) is 6.07 Å². The number of hydrogen-bond donors (Lipinski definition) is 1. The molecule has 0 aromatic heterocycles. The van der Waals surface area contributed by atoms with Crippen molar-refractivity contribution in [2.24, 2.45) is 0 Å². The second-order valence-corrected chi connectivity index (χ2v) is 6.49. The van der Waals surface area contributed by atoms with Gasteiger partial charge in [-0.25, -0.2) is 4.39 Å². The number of nitrogens with one attached hydrogen (secondary N) is 1.